The largest absolute Gasteiger partial charge is 0.377 e. The zero-order chi connectivity index (χ0) is 9.10. The maximum absolute atomic E-state index is 12.5. The van der Waals surface area contributed by atoms with Crippen LogP contribution in [0.2, 0.25) is 0 Å². The summed E-state index contributed by atoms with van der Waals surface area (Å²) in [5.41, 5.74) is 1.03. The lowest BCUT2D eigenvalue weighted by atomic mass is 10.1. The van der Waals surface area contributed by atoms with E-state index < -0.39 is 5.82 Å². The Morgan fingerprint density at radius 2 is 2.08 bits per heavy atom. The molecule has 68 valence electrons. The average Bonchev–Trinajstić information content (AvgIpc) is 2.20. The summed E-state index contributed by atoms with van der Waals surface area (Å²) < 4.78 is 17.6. The van der Waals surface area contributed by atoms with Gasteiger partial charge in [-0.15, -0.1) is 0 Å². The molecule has 0 unspecified atom stereocenters. The molecule has 0 aromatic carbocycles. The molecule has 0 N–H and O–H groups in total. The Morgan fingerprint density at radius 3 is 2.69 bits per heavy atom. The van der Waals surface area contributed by atoms with Crippen LogP contribution in [0, 0.1) is 5.82 Å². The fourth-order valence-electron chi connectivity index (χ4n) is 1.21. The van der Waals surface area contributed by atoms with Crippen LogP contribution in [-0.4, -0.2) is 23.2 Å². The van der Waals surface area contributed by atoms with Crippen LogP contribution in [-0.2, 0) is 4.74 Å². The molecule has 1 aromatic heterocycles. The molecule has 1 aromatic rings. The van der Waals surface area contributed by atoms with E-state index in [0.29, 0.717) is 19.0 Å². The van der Waals surface area contributed by atoms with Crippen LogP contribution in [0.1, 0.15) is 12.2 Å². The van der Waals surface area contributed by atoms with E-state index in [1.165, 1.54) is 12.4 Å². The van der Waals surface area contributed by atoms with Crippen LogP contribution in [0.5, 0.6) is 0 Å². The third-order valence-electron chi connectivity index (χ3n) is 1.87. The predicted octanol–water partition coefficient (Wildman–Crippen LogP) is 1.42. The molecule has 0 saturated heterocycles. The Balaban J connectivity index is 2.24. The molecule has 0 amide bonds. The van der Waals surface area contributed by atoms with E-state index in [4.69, 9.17) is 4.74 Å². The molecule has 0 fully saturated rings. The second-order valence-corrected chi connectivity index (χ2v) is 2.78. The molecular weight excluding hydrogens is 171 g/mol. The number of nitrogens with zero attached hydrogens (tertiary/aromatic N) is 2. The molecular formula is C9H9FN2O. The molecule has 0 aliphatic carbocycles. The highest BCUT2D eigenvalue weighted by molar-refractivity contribution is 5.60. The summed E-state index contributed by atoms with van der Waals surface area (Å²) in [7, 11) is 0. The Kier molecular flexibility index (Phi) is 2.31. The molecule has 2 rings (SSSR count). The Bertz CT molecular complexity index is 321. The Morgan fingerprint density at radius 1 is 1.31 bits per heavy atom. The molecule has 2 heterocycles. The molecule has 0 radical (unpaired) electrons. The zero-order valence-corrected chi connectivity index (χ0v) is 7.03. The molecule has 0 saturated carbocycles. The van der Waals surface area contributed by atoms with Crippen molar-refractivity contribution in [2.75, 3.05) is 13.2 Å². The fourth-order valence-corrected chi connectivity index (χ4v) is 1.21. The highest BCUT2D eigenvalue weighted by atomic mass is 19.1. The summed E-state index contributed by atoms with van der Waals surface area (Å²) in [6.07, 6.45) is 5.08. The monoisotopic (exact) mass is 180 g/mol. The minimum absolute atomic E-state index is 0.406. The summed E-state index contributed by atoms with van der Waals surface area (Å²) >= 11 is 0. The normalized spacial score (nSPS) is 16.8. The van der Waals surface area contributed by atoms with Crippen molar-refractivity contribution in [2.45, 2.75) is 6.42 Å². The van der Waals surface area contributed by atoms with Gasteiger partial charge in [-0.1, -0.05) is 6.08 Å². The lowest BCUT2D eigenvalue weighted by Gasteiger charge is -2.11. The standard InChI is InChI=1S/C9H9FN2O/c10-8-5-11-9(12-6-8)7-1-3-13-4-2-7/h1,5-6H,2-4H2. The minimum atomic E-state index is -0.406. The third kappa shape index (κ3) is 1.89. The van der Waals surface area contributed by atoms with Crippen LogP contribution < -0.4 is 0 Å². The maximum Gasteiger partial charge on any atom is 0.159 e. The Hall–Kier alpha value is -1.29. The van der Waals surface area contributed by atoms with Gasteiger partial charge >= 0.3 is 0 Å². The third-order valence-corrected chi connectivity index (χ3v) is 1.87. The quantitative estimate of drug-likeness (QED) is 0.655. The second kappa shape index (κ2) is 3.62. The van der Waals surface area contributed by atoms with E-state index in [1.807, 2.05) is 6.08 Å². The topological polar surface area (TPSA) is 35.0 Å². The van der Waals surface area contributed by atoms with E-state index in [0.717, 1.165) is 12.0 Å². The van der Waals surface area contributed by atoms with Gasteiger partial charge in [0, 0.05) is 0 Å². The number of hydrogen-bond acceptors (Lipinski definition) is 3. The second-order valence-electron chi connectivity index (χ2n) is 2.78. The van der Waals surface area contributed by atoms with Crippen molar-refractivity contribution in [3.8, 4) is 0 Å². The smallest absolute Gasteiger partial charge is 0.159 e. The molecule has 0 bridgehead atoms. The highest BCUT2D eigenvalue weighted by Crippen LogP contribution is 2.16. The van der Waals surface area contributed by atoms with Gasteiger partial charge in [0.25, 0.3) is 0 Å². The van der Waals surface area contributed by atoms with Gasteiger partial charge in [0.2, 0.25) is 0 Å². The molecule has 0 atom stereocenters. The molecule has 1 aliphatic heterocycles. The first-order valence-corrected chi connectivity index (χ1v) is 4.11. The van der Waals surface area contributed by atoms with Crippen molar-refractivity contribution >= 4 is 5.57 Å². The van der Waals surface area contributed by atoms with E-state index in [2.05, 4.69) is 9.97 Å². The maximum atomic E-state index is 12.5. The van der Waals surface area contributed by atoms with E-state index in [-0.39, 0.29) is 0 Å². The lowest BCUT2D eigenvalue weighted by molar-refractivity contribution is 0.161. The number of halogens is 1. The van der Waals surface area contributed by atoms with Gasteiger partial charge < -0.3 is 4.74 Å². The summed E-state index contributed by atoms with van der Waals surface area (Å²) in [6.45, 7) is 1.28. The molecule has 4 heteroatoms. The van der Waals surface area contributed by atoms with Crippen LogP contribution in [0.4, 0.5) is 4.39 Å². The first kappa shape index (κ1) is 8.31. The van der Waals surface area contributed by atoms with Crippen LogP contribution in [0.3, 0.4) is 0 Å². The van der Waals surface area contributed by atoms with Gasteiger partial charge in [-0.25, -0.2) is 14.4 Å². The van der Waals surface area contributed by atoms with Crippen LogP contribution >= 0.6 is 0 Å². The van der Waals surface area contributed by atoms with Crippen LogP contribution in [0.15, 0.2) is 18.5 Å². The van der Waals surface area contributed by atoms with Crippen molar-refractivity contribution in [1.29, 1.82) is 0 Å². The van der Waals surface area contributed by atoms with E-state index in [1.54, 1.807) is 0 Å². The van der Waals surface area contributed by atoms with Crippen molar-refractivity contribution in [3.05, 3.63) is 30.1 Å². The summed E-state index contributed by atoms with van der Waals surface area (Å²) in [5.74, 6) is 0.195. The summed E-state index contributed by atoms with van der Waals surface area (Å²) in [4.78, 5) is 7.78. The van der Waals surface area contributed by atoms with Gasteiger partial charge in [-0.2, -0.15) is 0 Å². The van der Waals surface area contributed by atoms with Gasteiger partial charge in [0.1, 0.15) is 0 Å². The molecule has 1 aliphatic rings. The van der Waals surface area contributed by atoms with Crippen LogP contribution in [0.25, 0.3) is 5.57 Å². The molecule has 13 heavy (non-hydrogen) atoms. The van der Waals surface area contributed by atoms with E-state index in [9.17, 15) is 4.39 Å². The van der Waals surface area contributed by atoms with Crippen molar-refractivity contribution in [1.82, 2.24) is 9.97 Å². The fraction of sp³-hybridized carbons (Fsp3) is 0.333. The van der Waals surface area contributed by atoms with Crippen molar-refractivity contribution in [3.63, 3.8) is 0 Å². The number of ether oxygens (including phenoxy) is 1. The Labute approximate surface area is 75.3 Å². The molecule has 0 spiro atoms. The summed E-state index contributed by atoms with van der Waals surface area (Å²) in [6, 6.07) is 0. The average molecular weight is 180 g/mol. The lowest BCUT2D eigenvalue weighted by Crippen LogP contribution is -2.06. The van der Waals surface area contributed by atoms with Gasteiger partial charge in [0.15, 0.2) is 11.6 Å². The van der Waals surface area contributed by atoms with Crippen molar-refractivity contribution < 1.29 is 9.13 Å². The van der Waals surface area contributed by atoms with Crippen molar-refractivity contribution in [2.24, 2.45) is 0 Å². The highest BCUT2D eigenvalue weighted by Gasteiger charge is 2.08. The van der Waals surface area contributed by atoms with E-state index >= 15 is 0 Å². The SMILES string of the molecule is Fc1cnc(C2=CCOCC2)nc1. The molecule has 3 nitrogen and oxygen atoms in total. The first-order chi connectivity index (χ1) is 6.36. The minimum Gasteiger partial charge on any atom is -0.377 e. The predicted molar refractivity (Wildman–Crippen MR) is 45.4 cm³/mol. The zero-order valence-electron chi connectivity index (χ0n) is 7.03. The van der Waals surface area contributed by atoms with Gasteiger partial charge in [-0.3, -0.25) is 0 Å². The van der Waals surface area contributed by atoms with Gasteiger partial charge in [0.05, 0.1) is 25.6 Å². The number of hydrogen-bond donors (Lipinski definition) is 0. The number of rotatable bonds is 1. The van der Waals surface area contributed by atoms with Gasteiger partial charge in [-0.05, 0) is 12.0 Å². The first-order valence-electron chi connectivity index (χ1n) is 4.11. The number of aromatic nitrogens is 2. The summed E-state index contributed by atoms with van der Waals surface area (Å²) in [5, 5.41) is 0.